The van der Waals surface area contributed by atoms with E-state index in [1.807, 2.05) is 6.07 Å². The molecule has 0 aliphatic heterocycles. The fraction of sp³-hybridized carbons (Fsp3) is 0.231. The van der Waals surface area contributed by atoms with Gasteiger partial charge in [-0.3, -0.25) is 4.79 Å². The number of benzene rings is 1. The number of halogens is 1. The molecule has 0 unspecified atom stereocenters. The van der Waals surface area contributed by atoms with Crippen molar-refractivity contribution >= 4 is 38.9 Å². The number of ether oxygens (including phenoxy) is 1. The highest BCUT2D eigenvalue weighted by Gasteiger charge is 2.11. The van der Waals surface area contributed by atoms with Crippen LogP contribution in [0.2, 0.25) is 0 Å². The van der Waals surface area contributed by atoms with Crippen molar-refractivity contribution in [3.63, 3.8) is 0 Å². The van der Waals surface area contributed by atoms with Crippen molar-refractivity contribution in [2.45, 2.75) is 6.42 Å². The summed E-state index contributed by atoms with van der Waals surface area (Å²) in [6.45, 7) is 0.526. The molecule has 7 heteroatoms. The topological polar surface area (TPSA) is 77.2 Å². The van der Waals surface area contributed by atoms with Gasteiger partial charge in [-0.1, -0.05) is 0 Å². The number of anilines is 1. The minimum atomic E-state index is -0.242. The quantitative estimate of drug-likeness (QED) is 0.864. The summed E-state index contributed by atoms with van der Waals surface area (Å²) in [5.74, 6) is 0.416. The zero-order valence-corrected chi connectivity index (χ0v) is 13.3. The Morgan fingerprint density at radius 3 is 3.05 bits per heavy atom. The monoisotopic (exact) mass is 355 g/mol. The summed E-state index contributed by atoms with van der Waals surface area (Å²) in [4.78, 5) is 16.3. The molecule has 2 aromatic rings. The first-order valence-corrected chi connectivity index (χ1v) is 7.60. The second kappa shape index (κ2) is 6.83. The third-order valence-corrected chi connectivity index (χ3v) is 4.12. The number of rotatable bonds is 5. The smallest absolute Gasteiger partial charge is 0.275 e. The highest BCUT2D eigenvalue weighted by atomic mass is 79.9. The Bertz CT molecular complexity index is 615. The average molecular weight is 356 g/mol. The van der Waals surface area contributed by atoms with Crippen LogP contribution in [0, 0.1) is 0 Å². The molecule has 0 aliphatic rings. The van der Waals surface area contributed by atoms with Crippen LogP contribution < -0.4 is 15.8 Å². The van der Waals surface area contributed by atoms with Gasteiger partial charge in [-0.25, -0.2) is 4.98 Å². The number of nitrogens with one attached hydrogen (secondary N) is 1. The van der Waals surface area contributed by atoms with Gasteiger partial charge >= 0.3 is 0 Å². The number of carbonyl (C=O) groups is 1. The first kappa shape index (κ1) is 15.0. The fourth-order valence-electron chi connectivity index (χ4n) is 1.59. The number of thiazole rings is 1. The van der Waals surface area contributed by atoms with Crippen molar-refractivity contribution in [1.82, 2.24) is 4.98 Å². The maximum absolute atomic E-state index is 12.1. The number of nitrogens with zero attached hydrogens (tertiary/aromatic N) is 1. The van der Waals surface area contributed by atoms with E-state index in [9.17, 15) is 4.79 Å². The van der Waals surface area contributed by atoms with Crippen LogP contribution in [-0.4, -0.2) is 24.5 Å². The number of hydrogen-bond acceptors (Lipinski definition) is 5. The van der Waals surface area contributed by atoms with Crippen LogP contribution in [-0.2, 0) is 6.42 Å². The normalized spacial score (nSPS) is 10.3. The first-order chi connectivity index (χ1) is 9.63. The second-order valence-corrected chi connectivity index (χ2v) is 5.77. The maximum Gasteiger partial charge on any atom is 0.275 e. The number of hydrogen-bond donors (Lipinski definition) is 2. The van der Waals surface area contributed by atoms with Crippen molar-refractivity contribution in [3.8, 4) is 5.75 Å². The molecule has 0 saturated carbocycles. The minimum Gasteiger partial charge on any atom is -0.495 e. The van der Waals surface area contributed by atoms with E-state index in [0.717, 1.165) is 9.48 Å². The molecule has 5 nitrogen and oxygen atoms in total. The van der Waals surface area contributed by atoms with Crippen LogP contribution in [0.25, 0.3) is 0 Å². The van der Waals surface area contributed by atoms with Gasteiger partial charge in [0.1, 0.15) is 11.4 Å². The van der Waals surface area contributed by atoms with E-state index >= 15 is 0 Å². The van der Waals surface area contributed by atoms with Crippen LogP contribution >= 0.6 is 27.3 Å². The van der Waals surface area contributed by atoms with Gasteiger partial charge in [0.25, 0.3) is 5.91 Å². The van der Waals surface area contributed by atoms with Crippen molar-refractivity contribution in [1.29, 1.82) is 0 Å². The van der Waals surface area contributed by atoms with E-state index < -0.39 is 0 Å². The Morgan fingerprint density at radius 1 is 1.55 bits per heavy atom. The highest BCUT2D eigenvalue weighted by molar-refractivity contribution is 9.10. The predicted octanol–water partition coefficient (Wildman–Crippen LogP) is 2.67. The number of nitrogens with two attached hydrogens (primary N) is 1. The van der Waals surface area contributed by atoms with Crippen molar-refractivity contribution < 1.29 is 9.53 Å². The average Bonchev–Trinajstić information content (AvgIpc) is 2.90. The molecule has 1 aromatic heterocycles. The van der Waals surface area contributed by atoms with Crippen LogP contribution in [0.15, 0.2) is 28.1 Å². The van der Waals surface area contributed by atoms with Gasteiger partial charge in [-0.15, -0.1) is 11.3 Å². The van der Waals surface area contributed by atoms with Crippen molar-refractivity contribution in [2.75, 3.05) is 19.0 Å². The first-order valence-electron chi connectivity index (χ1n) is 5.93. The molecular weight excluding hydrogens is 342 g/mol. The van der Waals surface area contributed by atoms with Gasteiger partial charge < -0.3 is 15.8 Å². The number of amides is 1. The molecule has 106 valence electrons. The van der Waals surface area contributed by atoms with Gasteiger partial charge in [0.15, 0.2) is 0 Å². The van der Waals surface area contributed by atoms with Crippen molar-refractivity contribution in [2.24, 2.45) is 5.73 Å². The van der Waals surface area contributed by atoms with Crippen LogP contribution in [0.3, 0.4) is 0 Å². The fourth-order valence-corrected chi connectivity index (χ4v) is 2.79. The third kappa shape index (κ3) is 3.56. The summed E-state index contributed by atoms with van der Waals surface area (Å²) in [6, 6.07) is 5.35. The Hall–Kier alpha value is -1.44. The third-order valence-electron chi connectivity index (χ3n) is 2.55. The summed E-state index contributed by atoms with van der Waals surface area (Å²) < 4.78 is 6.01. The zero-order valence-electron chi connectivity index (χ0n) is 10.9. The summed E-state index contributed by atoms with van der Waals surface area (Å²) in [5.41, 5.74) is 6.52. The molecule has 0 spiro atoms. The Kier molecular flexibility index (Phi) is 5.11. The van der Waals surface area contributed by atoms with Crippen LogP contribution in [0.4, 0.5) is 5.69 Å². The van der Waals surface area contributed by atoms with E-state index in [1.165, 1.54) is 11.3 Å². The van der Waals surface area contributed by atoms with E-state index in [2.05, 4.69) is 26.2 Å². The summed E-state index contributed by atoms with van der Waals surface area (Å²) in [6.07, 6.45) is 0.685. The Labute approximate surface area is 129 Å². The second-order valence-electron chi connectivity index (χ2n) is 3.97. The summed E-state index contributed by atoms with van der Waals surface area (Å²) >= 11 is 4.80. The van der Waals surface area contributed by atoms with Gasteiger partial charge in [0.05, 0.1) is 16.6 Å². The summed E-state index contributed by atoms with van der Waals surface area (Å²) in [5, 5.41) is 5.39. The molecular formula is C13H14BrN3O2S. The summed E-state index contributed by atoms with van der Waals surface area (Å²) in [7, 11) is 1.57. The number of carbonyl (C=O) groups excluding carboxylic acids is 1. The van der Waals surface area contributed by atoms with Gasteiger partial charge in [-0.05, 0) is 34.6 Å². The van der Waals surface area contributed by atoms with Gasteiger partial charge in [0, 0.05) is 23.6 Å². The molecule has 1 heterocycles. The molecule has 0 saturated heterocycles. The SMILES string of the molecule is COc1cc(NC(=O)c2csc(CCN)n2)ccc1Br. The Balaban J connectivity index is 2.10. The number of aromatic nitrogens is 1. The lowest BCUT2D eigenvalue weighted by molar-refractivity contribution is 0.102. The van der Waals surface area contributed by atoms with Crippen LogP contribution in [0.5, 0.6) is 5.75 Å². The molecule has 0 atom stereocenters. The lowest BCUT2D eigenvalue weighted by Crippen LogP contribution is -2.12. The van der Waals surface area contributed by atoms with Crippen LogP contribution in [0.1, 0.15) is 15.5 Å². The molecule has 20 heavy (non-hydrogen) atoms. The molecule has 0 aliphatic carbocycles. The highest BCUT2D eigenvalue weighted by Crippen LogP contribution is 2.28. The molecule has 1 aromatic carbocycles. The van der Waals surface area contributed by atoms with Gasteiger partial charge in [0.2, 0.25) is 0 Å². The predicted molar refractivity (Wildman–Crippen MR) is 83.5 cm³/mol. The molecule has 1 amide bonds. The minimum absolute atomic E-state index is 0.242. The van der Waals surface area contributed by atoms with Crippen molar-refractivity contribution in [3.05, 3.63) is 38.8 Å². The van der Waals surface area contributed by atoms with E-state index in [4.69, 9.17) is 10.5 Å². The molecule has 0 fully saturated rings. The molecule has 3 N–H and O–H groups in total. The number of methoxy groups -OCH3 is 1. The maximum atomic E-state index is 12.1. The largest absolute Gasteiger partial charge is 0.495 e. The molecule has 0 radical (unpaired) electrons. The lowest BCUT2D eigenvalue weighted by atomic mass is 10.3. The van der Waals surface area contributed by atoms with E-state index in [0.29, 0.717) is 30.1 Å². The van der Waals surface area contributed by atoms with Gasteiger partial charge in [-0.2, -0.15) is 0 Å². The zero-order chi connectivity index (χ0) is 14.5. The molecule has 2 rings (SSSR count). The Morgan fingerprint density at radius 2 is 2.35 bits per heavy atom. The van der Waals surface area contributed by atoms with E-state index in [-0.39, 0.29) is 5.91 Å². The van der Waals surface area contributed by atoms with E-state index in [1.54, 1.807) is 24.6 Å². The standard InChI is InChI=1S/C13H14BrN3O2S/c1-19-11-6-8(2-3-9(11)14)16-13(18)10-7-20-12(17-10)4-5-15/h2-3,6-7H,4-5,15H2,1H3,(H,16,18). The lowest BCUT2D eigenvalue weighted by Gasteiger charge is -2.07. The molecule has 0 bridgehead atoms.